The first kappa shape index (κ1) is 14.1. The van der Waals surface area contributed by atoms with Crippen LogP contribution in [-0.4, -0.2) is 27.2 Å². The van der Waals surface area contributed by atoms with Gasteiger partial charge in [-0.2, -0.15) is 5.10 Å². The van der Waals surface area contributed by atoms with E-state index < -0.39 is 11.7 Å². The van der Waals surface area contributed by atoms with Gasteiger partial charge in [-0.05, 0) is 12.1 Å². The molecule has 1 aromatic carbocycles. The van der Waals surface area contributed by atoms with Crippen molar-refractivity contribution in [3.63, 3.8) is 0 Å². The molecule has 0 atom stereocenters. The third-order valence-corrected chi connectivity index (χ3v) is 2.83. The number of hydrogen-bond donors (Lipinski definition) is 2. The van der Waals surface area contributed by atoms with Gasteiger partial charge < -0.3 is 11.1 Å². The maximum Gasteiger partial charge on any atom is 0.248 e. The number of rotatable bonds is 6. The normalized spacial score (nSPS) is 10.7. The van der Waals surface area contributed by atoms with E-state index in [4.69, 9.17) is 5.73 Å². The van der Waals surface area contributed by atoms with Crippen molar-refractivity contribution in [2.45, 2.75) is 13.0 Å². The van der Waals surface area contributed by atoms with Crippen LogP contribution >= 0.6 is 0 Å². The predicted octanol–water partition coefficient (Wildman–Crippen LogP) is 0.385. The molecule has 2 aromatic rings. The van der Waals surface area contributed by atoms with Gasteiger partial charge in [0.1, 0.15) is 12.1 Å². The highest BCUT2D eigenvalue weighted by Gasteiger charge is 2.07. The average molecular weight is 277 g/mol. The molecule has 1 heterocycles. The van der Waals surface area contributed by atoms with Gasteiger partial charge in [0, 0.05) is 37.7 Å². The predicted molar refractivity (Wildman–Crippen MR) is 71.3 cm³/mol. The van der Waals surface area contributed by atoms with Crippen LogP contribution < -0.4 is 11.1 Å². The molecule has 0 aliphatic heterocycles. The minimum absolute atomic E-state index is 0.170. The number of nitrogens with zero attached hydrogens (tertiary/aromatic N) is 3. The minimum Gasteiger partial charge on any atom is -0.366 e. The lowest BCUT2D eigenvalue weighted by Crippen LogP contribution is -2.18. The van der Waals surface area contributed by atoms with Crippen molar-refractivity contribution in [3.05, 3.63) is 47.3 Å². The molecule has 3 N–H and O–H groups in total. The lowest BCUT2D eigenvalue weighted by molar-refractivity contribution is 0.1000. The maximum atomic E-state index is 13.7. The second kappa shape index (κ2) is 6.25. The number of aryl methyl sites for hydroxylation is 1. The van der Waals surface area contributed by atoms with Crippen molar-refractivity contribution in [1.82, 2.24) is 20.1 Å². The second-order valence-electron chi connectivity index (χ2n) is 4.43. The molecule has 0 aliphatic carbocycles. The summed E-state index contributed by atoms with van der Waals surface area (Å²) >= 11 is 0. The number of nitrogens with one attached hydrogen (secondary N) is 1. The Labute approximate surface area is 115 Å². The number of carbonyl (C=O) groups is 1. The first-order valence-corrected chi connectivity index (χ1v) is 6.19. The topological polar surface area (TPSA) is 85.8 Å². The van der Waals surface area contributed by atoms with Crippen molar-refractivity contribution in [2.24, 2.45) is 12.8 Å². The van der Waals surface area contributed by atoms with Crippen LogP contribution in [0.25, 0.3) is 0 Å². The molecular weight excluding hydrogens is 261 g/mol. The molecule has 6 nitrogen and oxygen atoms in total. The van der Waals surface area contributed by atoms with Gasteiger partial charge in [-0.1, -0.05) is 6.07 Å². The van der Waals surface area contributed by atoms with Gasteiger partial charge in [-0.25, -0.2) is 9.37 Å². The Balaban J connectivity index is 1.83. The van der Waals surface area contributed by atoms with Crippen LogP contribution in [0.2, 0.25) is 0 Å². The first-order valence-electron chi connectivity index (χ1n) is 6.19. The van der Waals surface area contributed by atoms with Crippen LogP contribution in [0.15, 0.2) is 24.5 Å². The number of primary amides is 1. The maximum absolute atomic E-state index is 13.7. The molecule has 0 radical (unpaired) electrons. The summed E-state index contributed by atoms with van der Waals surface area (Å²) in [6.07, 6.45) is 2.30. The molecule has 1 aromatic heterocycles. The number of carbonyl (C=O) groups excluding carboxylic acids is 1. The summed E-state index contributed by atoms with van der Waals surface area (Å²) in [5.74, 6) is -0.334. The van der Waals surface area contributed by atoms with Crippen LogP contribution in [0, 0.1) is 5.82 Å². The van der Waals surface area contributed by atoms with Gasteiger partial charge in [0.05, 0.1) is 0 Å². The van der Waals surface area contributed by atoms with E-state index >= 15 is 0 Å². The summed E-state index contributed by atoms with van der Waals surface area (Å²) in [5.41, 5.74) is 5.74. The van der Waals surface area contributed by atoms with Crippen molar-refractivity contribution >= 4 is 5.91 Å². The Bertz CT molecular complexity index is 611. The summed E-state index contributed by atoms with van der Waals surface area (Å²) in [7, 11) is 1.81. The lowest BCUT2D eigenvalue weighted by Gasteiger charge is -2.06. The van der Waals surface area contributed by atoms with Gasteiger partial charge in [-0.15, -0.1) is 0 Å². The van der Waals surface area contributed by atoms with Crippen LogP contribution in [0.4, 0.5) is 4.39 Å². The highest BCUT2D eigenvalue weighted by molar-refractivity contribution is 5.92. The summed E-state index contributed by atoms with van der Waals surface area (Å²) in [5, 5.41) is 7.25. The van der Waals surface area contributed by atoms with Crippen LogP contribution in [0.1, 0.15) is 21.7 Å². The summed E-state index contributed by atoms with van der Waals surface area (Å²) in [6.45, 7) is 1.01. The molecule has 7 heteroatoms. The Morgan fingerprint density at radius 2 is 2.30 bits per heavy atom. The Morgan fingerprint density at radius 3 is 2.90 bits per heavy atom. The van der Waals surface area contributed by atoms with Crippen LogP contribution in [-0.2, 0) is 20.0 Å². The van der Waals surface area contributed by atoms with Gasteiger partial charge in [0.15, 0.2) is 5.82 Å². The highest BCUT2D eigenvalue weighted by atomic mass is 19.1. The van der Waals surface area contributed by atoms with E-state index in [0.29, 0.717) is 25.1 Å². The minimum atomic E-state index is -0.635. The summed E-state index contributed by atoms with van der Waals surface area (Å²) in [4.78, 5) is 15.0. The summed E-state index contributed by atoms with van der Waals surface area (Å²) in [6, 6.07) is 4.23. The van der Waals surface area contributed by atoms with Crippen molar-refractivity contribution in [3.8, 4) is 0 Å². The molecule has 1 amide bonds. The van der Waals surface area contributed by atoms with Gasteiger partial charge in [-0.3, -0.25) is 9.48 Å². The number of nitrogens with two attached hydrogens (primary N) is 1. The first-order chi connectivity index (χ1) is 9.56. The van der Waals surface area contributed by atoms with E-state index in [-0.39, 0.29) is 5.56 Å². The molecule has 0 spiro atoms. The van der Waals surface area contributed by atoms with Gasteiger partial charge >= 0.3 is 0 Å². The largest absolute Gasteiger partial charge is 0.366 e. The number of benzene rings is 1. The van der Waals surface area contributed by atoms with Gasteiger partial charge in [0.2, 0.25) is 5.91 Å². The van der Waals surface area contributed by atoms with E-state index in [1.165, 1.54) is 6.07 Å². The smallest absolute Gasteiger partial charge is 0.248 e. The Morgan fingerprint density at radius 1 is 1.50 bits per heavy atom. The van der Waals surface area contributed by atoms with E-state index in [1.807, 2.05) is 0 Å². The quantitative estimate of drug-likeness (QED) is 0.748. The van der Waals surface area contributed by atoms with E-state index in [0.717, 1.165) is 11.9 Å². The molecule has 106 valence electrons. The van der Waals surface area contributed by atoms with E-state index in [1.54, 1.807) is 24.1 Å². The Hall–Kier alpha value is -2.28. The van der Waals surface area contributed by atoms with Crippen molar-refractivity contribution < 1.29 is 9.18 Å². The molecular formula is C13H16FN5O. The summed E-state index contributed by atoms with van der Waals surface area (Å²) < 4.78 is 15.3. The molecule has 0 saturated carbocycles. The third kappa shape index (κ3) is 3.61. The lowest BCUT2D eigenvalue weighted by atomic mass is 10.1. The van der Waals surface area contributed by atoms with Crippen molar-refractivity contribution in [1.29, 1.82) is 0 Å². The Kier molecular flexibility index (Phi) is 4.41. The SMILES string of the molecule is Cn1cnc(CCNCc2ccc(C(N)=O)cc2F)n1. The standard InChI is InChI=1S/C13H16FN5O/c1-19-8-17-12(18-19)4-5-16-7-10-3-2-9(13(15)20)6-11(10)14/h2-3,6,8,16H,4-5,7H2,1H3,(H2,15,20). The zero-order chi connectivity index (χ0) is 14.5. The van der Waals surface area contributed by atoms with Crippen LogP contribution in [0.5, 0.6) is 0 Å². The fraction of sp³-hybridized carbons (Fsp3) is 0.308. The fourth-order valence-corrected chi connectivity index (χ4v) is 1.77. The molecule has 0 unspecified atom stereocenters. The molecule has 2 rings (SSSR count). The number of amides is 1. The molecule has 20 heavy (non-hydrogen) atoms. The number of aromatic nitrogens is 3. The third-order valence-electron chi connectivity index (χ3n) is 2.83. The zero-order valence-electron chi connectivity index (χ0n) is 11.1. The number of hydrogen-bond acceptors (Lipinski definition) is 4. The fourth-order valence-electron chi connectivity index (χ4n) is 1.77. The molecule has 0 aliphatic rings. The molecule has 0 bridgehead atoms. The molecule has 0 saturated heterocycles. The van der Waals surface area contributed by atoms with Crippen molar-refractivity contribution in [2.75, 3.05) is 6.54 Å². The monoisotopic (exact) mass is 277 g/mol. The van der Waals surface area contributed by atoms with Crippen LogP contribution in [0.3, 0.4) is 0 Å². The van der Waals surface area contributed by atoms with E-state index in [9.17, 15) is 9.18 Å². The number of halogens is 1. The van der Waals surface area contributed by atoms with E-state index in [2.05, 4.69) is 15.4 Å². The average Bonchev–Trinajstić information content (AvgIpc) is 2.81. The second-order valence-corrected chi connectivity index (χ2v) is 4.43. The molecule has 0 fully saturated rings. The van der Waals surface area contributed by atoms with Gasteiger partial charge in [0.25, 0.3) is 0 Å². The zero-order valence-corrected chi connectivity index (χ0v) is 11.1. The highest BCUT2D eigenvalue weighted by Crippen LogP contribution is 2.10.